The van der Waals surface area contributed by atoms with Crippen LogP contribution in [0, 0.1) is 6.92 Å². The first-order valence-electron chi connectivity index (χ1n) is 8.11. The number of carbonyl (C=O) groups is 1. The third-order valence-electron chi connectivity index (χ3n) is 3.82. The van der Waals surface area contributed by atoms with Crippen molar-refractivity contribution in [3.63, 3.8) is 0 Å². The number of methoxy groups -OCH3 is 1. The highest BCUT2D eigenvalue weighted by Crippen LogP contribution is 2.28. The van der Waals surface area contributed by atoms with E-state index in [4.69, 9.17) is 9.26 Å². The lowest BCUT2D eigenvalue weighted by Crippen LogP contribution is -2.27. The maximum atomic E-state index is 12.9. The molecule has 7 nitrogen and oxygen atoms in total. The van der Waals surface area contributed by atoms with Gasteiger partial charge in [-0.2, -0.15) is 0 Å². The highest BCUT2D eigenvalue weighted by atomic mass is 16.5. The number of nitrogens with one attached hydrogen (secondary N) is 1. The van der Waals surface area contributed by atoms with Crippen molar-refractivity contribution in [2.75, 3.05) is 19.5 Å². The van der Waals surface area contributed by atoms with Crippen LogP contribution in [0.4, 0.5) is 11.5 Å². The summed E-state index contributed by atoms with van der Waals surface area (Å²) in [5, 5.41) is 7.11. The van der Waals surface area contributed by atoms with Gasteiger partial charge in [0.15, 0.2) is 0 Å². The summed E-state index contributed by atoms with van der Waals surface area (Å²) >= 11 is 0. The number of hydrogen-bond acceptors (Lipinski definition) is 6. The highest BCUT2D eigenvalue weighted by molar-refractivity contribution is 5.99. The summed E-state index contributed by atoms with van der Waals surface area (Å²) in [6.07, 6.45) is 1.63. The summed E-state index contributed by atoms with van der Waals surface area (Å²) in [5.41, 5.74) is 1.89. The van der Waals surface area contributed by atoms with Crippen molar-refractivity contribution in [3.8, 4) is 5.75 Å². The van der Waals surface area contributed by atoms with E-state index < -0.39 is 0 Å². The molecule has 0 spiro atoms. The van der Waals surface area contributed by atoms with Gasteiger partial charge in [0.25, 0.3) is 5.91 Å². The fraction of sp³-hybridized carbons (Fsp3) is 0.211. The van der Waals surface area contributed by atoms with Crippen molar-refractivity contribution in [2.45, 2.75) is 13.5 Å². The van der Waals surface area contributed by atoms with Gasteiger partial charge in [-0.25, -0.2) is 4.98 Å². The van der Waals surface area contributed by atoms with Crippen molar-refractivity contribution in [2.24, 2.45) is 0 Å². The minimum atomic E-state index is -0.170. The molecule has 0 radical (unpaired) electrons. The molecule has 2 heterocycles. The van der Waals surface area contributed by atoms with Gasteiger partial charge in [-0.05, 0) is 31.2 Å². The first-order chi connectivity index (χ1) is 12.6. The molecule has 2 aromatic heterocycles. The summed E-state index contributed by atoms with van der Waals surface area (Å²) < 4.78 is 10.4. The molecule has 134 valence electrons. The molecule has 1 aromatic carbocycles. The molecular formula is C19H20N4O3. The Morgan fingerprint density at radius 1 is 1.27 bits per heavy atom. The van der Waals surface area contributed by atoms with Crippen LogP contribution in [0.5, 0.6) is 5.75 Å². The molecular weight excluding hydrogens is 332 g/mol. The quantitative estimate of drug-likeness (QED) is 0.732. The number of aryl methyl sites for hydroxylation is 1. The van der Waals surface area contributed by atoms with Gasteiger partial charge in [0, 0.05) is 19.3 Å². The number of pyridine rings is 1. The van der Waals surface area contributed by atoms with Gasteiger partial charge in [0.1, 0.15) is 23.0 Å². The predicted octanol–water partition coefficient (Wildman–Crippen LogP) is 3.40. The lowest BCUT2D eigenvalue weighted by Gasteiger charge is -2.18. The average Bonchev–Trinajstić information content (AvgIpc) is 3.06. The number of hydrogen-bond donors (Lipinski definition) is 1. The van der Waals surface area contributed by atoms with Gasteiger partial charge in [0.05, 0.1) is 24.9 Å². The third-order valence-corrected chi connectivity index (χ3v) is 3.82. The number of carbonyl (C=O) groups excluding carboxylic acids is 1. The third kappa shape index (κ3) is 3.83. The number of rotatable bonds is 6. The van der Waals surface area contributed by atoms with E-state index in [2.05, 4.69) is 15.5 Å². The number of para-hydroxylation sites is 2. The van der Waals surface area contributed by atoms with Crippen LogP contribution in [0.15, 0.2) is 53.2 Å². The monoisotopic (exact) mass is 352 g/mol. The molecule has 0 unspecified atom stereocenters. The summed E-state index contributed by atoms with van der Waals surface area (Å²) in [7, 11) is 3.31. The normalized spacial score (nSPS) is 10.4. The molecule has 0 bridgehead atoms. The van der Waals surface area contributed by atoms with Crippen LogP contribution in [0.3, 0.4) is 0 Å². The lowest BCUT2D eigenvalue weighted by atomic mass is 10.2. The van der Waals surface area contributed by atoms with Crippen molar-refractivity contribution in [3.05, 3.63) is 65.7 Å². The van der Waals surface area contributed by atoms with Crippen molar-refractivity contribution in [1.29, 1.82) is 0 Å². The Hall–Kier alpha value is -3.35. The minimum Gasteiger partial charge on any atom is -0.495 e. The molecule has 0 fully saturated rings. The zero-order valence-electron chi connectivity index (χ0n) is 14.9. The van der Waals surface area contributed by atoms with Crippen LogP contribution in [-0.4, -0.2) is 35.1 Å². The fourth-order valence-electron chi connectivity index (χ4n) is 2.57. The summed E-state index contributed by atoms with van der Waals surface area (Å²) in [5.74, 6) is 1.67. The van der Waals surface area contributed by atoms with Crippen LogP contribution in [0.2, 0.25) is 0 Å². The number of amides is 1. The molecule has 7 heteroatoms. The van der Waals surface area contributed by atoms with Gasteiger partial charge >= 0.3 is 0 Å². The van der Waals surface area contributed by atoms with Crippen LogP contribution >= 0.6 is 0 Å². The number of nitrogens with zero attached hydrogens (tertiary/aromatic N) is 3. The number of anilines is 2. The zero-order chi connectivity index (χ0) is 18.5. The second-order valence-corrected chi connectivity index (χ2v) is 5.81. The topological polar surface area (TPSA) is 80.5 Å². The first-order valence-corrected chi connectivity index (χ1v) is 8.11. The molecule has 1 amide bonds. The first kappa shape index (κ1) is 17.5. The Balaban J connectivity index is 1.83. The minimum absolute atomic E-state index is 0.170. The highest BCUT2D eigenvalue weighted by Gasteiger charge is 2.18. The van der Waals surface area contributed by atoms with Gasteiger partial charge in [0.2, 0.25) is 0 Å². The lowest BCUT2D eigenvalue weighted by molar-refractivity contribution is 0.0783. The maximum Gasteiger partial charge on any atom is 0.257 e. The van der Waals surface area contributed by atoms with Crippen LogP contribution in [0.25, 0.3) is 0 Å². The fourth-order valence-corrected chi connectivity index (χ4v) is 2.57. The van der Waals surface area contributed by atoms with Gasteiger partial charge in [-0.3, -0.25) is 4.79 Å². The SMILES string of the molecule is COc1ccccc1Nc1ncccc1C(=O)N(C)Cc1cc(C)on1. The largest absolute Gasteiger partial charge is 0.495 e. The number of aromatic nitrogens is 2. The Kier molecular flexibility index (Phi) is 5.17. The zero-order valence-corrected chi connectivity index (χ0v) is 14.9. The van der Waals surface area contributed by atoms with Gasteiger partial charge in [-0.15, -0.1) is 0 Å². The Bertz CT molecular complexity index is 907. The van der Waals surface area contributed by atoms with E-state index in [-0.39, 0.29) is 5.91 Å². The van der Waals surface area contributed by atoms with Crippen molar-refractivity contribution in [1.82, 2.24) is 15.0 Å². The molecule has 3 aromatic rings. The summed E-state index contributed by atoms with van der Waals surface area (Å²) in [6.45, 7) is 2.16. The molecule has 26 heavy (non-hydrogen) atoms. The molecule has 3 rings (SSSR count). The van der Waals surface area contributed by atoms with Crippen LogP contribution < -0.4 is 10.1 Å². The second-order valence-electron chi connectivity index (χ2n) is 5.81. The maximum absolute atomic E-state index is 12.9. The Labute approximate surface area is 151 Å². The van der Waals surface area contributed by atoms with Crippen molar-refractivity contribution < 1.29 is 14.1 Å². The molecule has 0 saturated carbocycles. The predicted molar refractivity (Wildman–Crippen MR) is 97.6 cm³/mol. The molecule has 0 aliphatic heterocycles. The summed E-state index contributed by atoms with van der Waals surface area (Å²) in [4.78, 5) is 18.8. The second kappa shape index (κ2) is 7.69. The van der Waals surface area contributed by atoms with Gasteiger partial charge < -0.3 is 19.5 Å². The molecule has 0 atom stereocenters. The molecule has 0 aliphatic carbocycles. The van der Waals surface area contributed by atoms with Crippen LogP contribution in [-0.2, 0) is 6.54 Å². The Morgan fingerprint density at radius 2 is 2.08 bits per heavy atom. The van der Waals surface area contributed by atoms with E-state index in [0.29, 0.717) is 35.1 Å². The van der Waals surface area contributed by atoms with E-state index >= 15 is 0 Å². The van der Waals surface area contributed by atoms with E-state index in [1.807, 2.05) is 31.2 Å². The van der Waals surface area contributed by atoms with Gasteiger partial charge in [-0.1, -0.05) is 17.3 Å². The standard InChI is InChI=1S/C19H20N4O3/c1-13-11-14(22-26-13)12-23(2)19(24)15-7-6-10-20-18(15)21-16-8-4-5-9-17(16)25-3/h4-11H,12H2,1-3H3,(H,20,21). The van der Waals surface area contributed by atoms with Crippen LogP contribution in [0.1, 0.15) is 21.8 Å². The van der Waals surface area contributed by atoms with Crippen molar-refractivity contribution >= 4 is 17.4 Å². The number of ether oxygens (including phenoxy) is 1. The smallest absolute Gasteiger partial charge is 0.257 e. The number of benzene rings is 1. The molecule has 0 aliphatic rings. The average molecular weight is 352 g/mol. The summed E-state index contributed by atoms with van der Waals surface area (Å²) in [6, 6.07) is 12.7. The molecule has 1 N–H and O–H groups in total. The van der Waals surface area contributed by atoms with E-state index in [9.17, 15) is 4.79 Å². The molecule has 0 saturated heterocycles. The van der Waals surface area contributed by atoms with E-state index in [1.54, 1.807) is 43.5 Å². The van der Waals surface area contributed by atoms with E-state index in [1.165, 1.54) is 0 Å². The van der Waals surface area contributed by atoms with E-state index in [0.717, 1.165) is 5.69 Å². The Morgan fingerprint density at radius 3 is 2.81 bits per heavy atom.